The minimum atomic E-state index is 0.0188. The molecule has 0 spiro atoms. The van der Waals surface area contributed by atoms with Gasteiger partial charge in [0, 0.05) is 18.9 Å². The molecule has 0 atom stereocenters. The van der Waals surface area contributed by atoms with Crippen LogP contribution in [0, 0.1) is 5.41 Å². The van der Waals surface area contributed by atoms with E-state index in [1.165, 1.54) is 25.7 Å². The van der Waals surface area contributed by atoms with Crippen molar-refractivity contribution >= 4 is 27.0 Å². The summed E-state index contributed by atoms with van der Waals surface area (Å²) in [6.07, 6.45) is 8.13. The molecule has 0 bridgehead atoms. The third kappa shape index (κ3) is 2.12. The van der Waals surface area contributed by atoms with Gasteiger partial charge in [0.25, 0.3) is 5.56 Å². The number of nitrogens with zero attached hydrogens (tertiary/aromatic N) is 4. The summed E-state index contributed by atoms with van der Waals surface area (Å²) in [6, 6.07) is 0. The first-order valence-corrected chi connectivity index (χ1v) is 7.70. The van der Waals surface area contributed by atoms with Gasteiger partial charge in [-0.3, -0.25) is 14.0 Å². The Morgan fingerprint density at radius 3 is 2.84 bits per heavy atom. The number of aromatic nitrogens is 4. The number of halogens is 1. The van der Waals surface area contributed by atoms with Crippen LogP contribution in [0.1, 0.15) is 25.7 Å². The lowest BCUT2D eigenvalue weighted by atomic mass is 9.89. The van der Waals surface area contributed by atoms with Gasteiger partial charge in [-0.25, -0.2) is 4.98 Å². The Morgan fingerprint density at radius 1 is 1.42 bits per heavy atom. The molecule has 2 heterocycles. The molecule has 2 aromatic heterocycles. The van der Waals surface area contributed by atoms with Gasteiger partial charge in [-0.15, -0.1) is 0 Å². The lowest BCUT2D eigenvalue weighted by Crippen LogP contribution is -2.31. The van der Waals surface area contributed by atoms with Gasteiger partial charge in [-0.1, -0.05) is 28.8 Å². The van der Waals surface area contributed by atoms with Crippen molar-refractivity contribution in [3.63, 3.8) is 0 Å². The molecule has 5 nitrogen and oxygen atoms in total. The van der Waals surface area contributed by atoms with E-state index >= 15 is 0 Å². The van der Waals surface area contributed by atoms with Gasteiger partial charge < -0.3 is 0 Å². The zero-order valence-corrected chi connectivity index (χ0v) is 12.6. The zero-order valence-electron chi connectivity index (χ0n) is 11.0. The van der Waals surface area contributed by atoms with Crippen LogP contribution in [0.15, 0.2) is 17.3 Å². The lowest BCUT2D eigenvalue weighted by molar-refractivity contribution is 0.287. The van der Waals surface area contributed by atoms with Gasteiger partial charge in [-0.05, 0) is 18.3 Å². The van der Waals surface area contributed by atoms with E-state index in [0.717, 1.165) is 11.9 Å². The fourth-order valence-corrected chi connectivity index (χ4v) is 3.74. The van der Waals surface area contributed by atoms with E-state index in [0.29, 0.717) is 11.0 Å². The second-order valence-electron chi connectivity index (χ2n) is 5.52. The Morgan fingerprint density at radius 2 is 2.16 bits per heavy atom. The van der Waals surface area contributed by atoms with Crippen molar-refractivity contribution in [2.24, 2.45) is 12.5 Å². The van der Waals surface area contributed by atoms with Crippen LogP contribution in [0.3, 0.4) is 0 Å². The van der Waals surface area contributed by atoms with Crippen molar-refractivity contribution in [2.45, 2.75) is 32.2 Å². The Labute approximate surface area is 119 Å². The Hall–Kier alpha value is -1.17. The summed E-state index contributed by atoms with van der Waals surface area (Å²) in [5, 5.41) is 5.64. The van der Waals surface area contributed by atoms with Gasteiger partial charge in [0.15, 0.2) is 5.65 Å². The van der Waals surface area contributed by atoms with Crippen LogP contribution >= 0.6 is 15.9 Å². The third-order valence-electron chi connectivity index (χ3n) is 4.17. The first-order valence-electron chi connectivity index (χ1n) is 6.58. The number of alkyl halides is 1. The van der Waals surface area contributed by atoms with E-state index in [1.807, 2.05) is 0 Å². The van der Waals surface area contributed by atoms with Crippen LogP contribution in [0.4, 0.5) is 0 Å². The second-order valence-corrected chi connectivity index (χ2v) is 6.08. The smallest absolute Gasteiger partial charge is 0.264 e. The Bertz CT molecular complexity index is 654. The Balaban J connectivity index is 2.01. The molecule has 102 valence electrons. The van der Waals surface area contributed by atoms with Crippen LogP contribution in [0.2, 0.25) is 0 Å². The number of hydrogen-bond acceptors (Lipinski definition) is 3. The maximum Gasteiger partial charge on any atom is 0.264 e. The highest BCUT2D eigenvalue weighted by Crippen LogP contribution is 2.40. The van der Waals surface area contributed by atoms with Gasteiger partial charge in [0.2, 0.25) is 0 Å². The molecule has 0 saturated heterocycles. The molecular weight excluding hydrogens is 308 g/mol. The first kappa shape index (κ1) is 12.8. The van der Waals surface area contributed by atoms with E-state index in [2.05, 4.69) is 26.0 Å². The first-order chi connectivity index (χ1) is 9.15. The molecule has 2 aromatic rings. The highest BCUT2D eigenvalue weighted by atomic mass is 79.9. The monoisotopic (exact) mass is 324 g/mol. The summed E-state index contributed by atoms with van der Waals surface area (Å²) < 4.78 is 3.38. The molecule has 0 N–H and O–H groups in total. The van der Waals surface area contributed by atoms with Crippen LogP contribution in [-0.2, 0) is 13.6 Å². The predicted octanol–water partition coefficient (Wildman–Crippen LogP) is 2.09. The van der Waals surface area contributed by atoms with Crippen molar-refractivity contribution in [2.75, 3.05) is 5.33 Å². The normalized spacial score (nSPS) is 18.2. The molecule has 19 heavy (non-hydrogen) atoms. The van der Waals surface area contributed by atoms with Gasteiger partial charge >= 0.3 is 0 Å². The molecule has 3 rings (SSSR count). The summed E-state index contributed by atoms with van der Waals surface area (Å²) in [6.45, 7) is 0.745. The second kappa shape index (κ2) is 4.74. The molecule has 0 aromatic carbocycles. The standard InChI is InChI=1S/C13H17BrN4O/c1-17-11-10(6-16-17)12(19)18(9-15-11)8-13(7-14)4-2-3-5-13/h6,9H,2-5,7-8H2,1H3. The van der Waals surface area contributed by atoms with Crippen LogP contribution in [-0.4, -0.2) is 24.7 Å². The predicted molar refractivity (Wildman–Crippen MR) is 77.5 cm³/mol. The number of rotatable bonds is 3. The summed E-state index contributed by atoms with van der Waals surface area (Å²) >= 11 is 3.62. The average Bonchev–Trinajstić information content (AvgIpc) is 3.02. The molecule has 0 aliphatic heterocycles. The van der Waals surface area contributed by atoms with E-state index < -0.39 is 0 Å². The lowest BCUT2D eigenvalue weighted by Gasteiger charge is -2.27. The molecule has 1 saturated carbocycles. The number of aryl methyl sites for hydroxylation is 1. The molecule has 0 unspecified atom stereocenters. The fraction of sp³-hybridized carbons (Fsp3) is 0.615. The summed E-state index contributed by atoms with van der Waals surface area (Å²) in [7, 11) is 1.80. The maximum atomic E-state index is 12.4. The third-order valence-corrected chi connectivity index (χ3v) is 5.36. The summed E-state index contributed by atoms with van der Waals surface area (Å²) in [4.78, 5) is 16.8. The Kier molecular flexibility index (Phi) is 3.20. The molecular formula is C13H17BrN4O. The molecule has 1 fully saturated rings. The zero-order chi connectivity index (χ0) is 13.5. The molecule has 1 aliphatic rings. The summed E-state index contributed by atoms with van der Waals surface area (Å²) in [5.74, 6) is 0. The average molecular weight is 325 g/mol. The van der Waals surface area contributed by atoms with Crippen LogP contribution < -0.4 is 5.56 Å². The SMILES string of the molecule is Cn1ncc2c(=O)n(CC3(CBr)CCCC3)cnc21. The fourth-order valence-electron chi connectivity index (χ4n) is 3.00. The van der Waals surface area contributed by atoms with Crippen molar-refractivity contribution in [3.05, 3.63) is 22.9 Å². The number of hydrogen-bond donors (Lipinski definition) is 0. The van der Waals surface area contributed by atoms with Crippen molar-refractivity contribution in [3.8, 4) is 0 Å². The largest absolute Gasteiger partial charge is 0.298 e. The van der Waals surface area contributed by atoms with Crippen molar-refractivity contribution in [1.29, 1.82) is 0 Å². The molecule has 1 aliphatic carbocycles. The van der Waals surface area contributed by atoms with Gasteiger partial charge in [-0.2, -0.15) is 5.10 Å². The quantitative estimate of drug-likeness (QED) is 0.812. The number of fused-ring (bicyclic) bond motifs is 1. The van der Waals surface area contributed by atoms with Gasteiger partial charge in [0.05, 0.1) is 12.5 Å². The van der Waals surface area contributed by atoms with E-state index in [9.17, 15) is 4.79 Å². The maximum absolute atomic E-state index is 12.4. The van der Waals surface area contributed by atoms with Gasteiger partial charge in [0.1, 0.15) is 5.39 Å². The highest BCUT2D eigenvalue weighted by molar-refractivity contribution is 9.09. The van der Waals surface area contributed by atoms with Crippen molar-refractivity contribution < 1.29 is 0 Å². The van der Waals surface area contributed by atoms with E-state index in [-0.39, 0.29) is 11.0 Å². The summed E-state index contributed by atoms with van der Waals surface area (Å²) in [5.41, 5.74) is 0.882. The van der Waals surface area contributed by atoms with Crippen LogP contribution in [0.5, 0.6) is 0 Å². The molecule has 0 amide bonds. The minimum Gasteiger partial charge on any atom is -0.298 e. The molecule has 6 heteroatoms. The molecule has 0 radical (unpaired) electrons. The topological polar surface area (TPSA) is 52.7 Å². The van der Waals surface area contributed by atoms with E-state index in [1.54, 1.807) is 28.8 Å². The van der Waals surface area contributed by atoms with Crippen molar-refractivity contribution in [1.82, 2.24) is 19.3 Å². The van der Waals surface area contributed by atoms with E-state index in [4.69, 9.17) is 0 Å². The van der Waals surface area contributed by atoms with Crippen LogP contribution in [0.25, 0.3) is 11.0 Å². The minimum absolute atomic E-state index is 0.0188. The highest BCUT2D eigenvalue weighted by Gasteiger charge is 2.33.